The summed E-state index contributed by atoms with van der Waals surface area (Å²) in [4.78, 5) is 0. The molecule has 0 saturated carbocycles. The van der Waals surface area contributed by atoms with Crippen LogP contribution in [0.3, 0.4) is 0 Å². The summed E-state index contributed by atoms with van der Waals surface area (Å²) < 4.78 is 23.5. The Morgan fingerprint density at radius 1 is 1.60 bits per heavy atom. The molecule has 0 fully saturated rings. The molecular formula is C5H14N2O2S. The standard InChI is InChI=1S/C5H14N2O2S/c1-5(3-4-6)7-10(2,8)9/h5,7H,3-4,6H2,1-2H3. The first kappa shape index (κ1) is 9.87. The molecule has 5 heteroatoms. The van der Waals surface area contributed by atoms with E-state index in [0.29, 0.717) is 13.0 Å². The quantitative estimate of drug-likeness (QED) is 0.578. The van der Waals surface area contributed by atoms with Gasteiger partial charge in [-0.1, -0.05) is 0 Å². The van der Waals surface area contributed by atoms with Crippen molar-refractivity contribution in [1.29, 1.82) is 0 Å². The Hall–Kier alpha value is -0.130. The van der Waals surface area contributed by atoms with Gasteiger partial charge >= 0.3 is 0 Å². The summed E-state index contributed by atoms with van der Waals surface area (Å²) in [5.41, 5.74) is 5.21. The summed E-state index contributed by atoms with van der Waals surface area (Å²) in [6.45, 7) is 2.29. The fourth-order valence-electron chi connectivity index (χ4n) is 0.674. The smallest absolute Gasteiger partial charge is 0.208 e. The Kier molecular flexibility index (Phi) is 3.85. The van der Waals surface area contributed by atoms with Gasteiger partial charge in [0.15, 0.2) is 0 Å². The van der Waals surface area contributed by atoms with Crippen molar-refractivity contribution in [2.45, 2.75) is 19.4 Å². The Labute approximate surface area is 61.8 Å². The number of sulfonamides is 1. The first-order valence-corrected chi connectivity index (χ1v) is 5.02. The van der Waals surface area contributed by atoms with Crippen molar-refractivity contribution in [3.63, 3.8) is 0 Å². The average Bonchev–Trinajstić information content (AvgIpc) is 1.59. The maximum atomic E-state index is 10.6. The van der Waals surface area contributed by atoms with E-state index in [1.165, 1.54) is 0 Å². The van der Waals surface area contributed by atoms with Crippen LogP contribution >= 0.6 is 0 Å². The summed E-state index contributed by atoms with van der Waals surface area (Å²) in [6.07, 6.45) is 1.81. The van der Waals surface area contributed by atoms with Gasteiger partial charge in [-0.2, -0.15) is 0 Å². The SMILES string of the molecule is CC(CCN)NS(C)(=O)=O. The highest BCUT2D eigenvalue weighted by Crippen LogP contribution is 1.89. The van der Waals surface area contributed by atoms with E-state index >= 15 is 0 Å². The highest BCUT2D eigenvalue weighted by atomic mass is 32.2. The molecule has 3 N–H and O–H groups in total. The second-order valence-electron chi connectivity index (χ2n) is 2.37. The molecule has 0 heterocycles. The van der Waals surface area contributed by atoms with E-state index in [9.17, 15) is 8.42 Å². The third-order valence-electron chi connectivity index (χ3n) is 1.01. The summed E-state index contributed by atoms with van der Waals surface area (Å²) in [5.74, 6) is 0. The molecule has 0 aromatic heterocycles. The Morgan fingerprint density at radius 3 is 2.40 bits per heavy atom. The molecule has 0 amide bonds. The van der Waals surface area contributed by atoms with Crippen molar-refractivity contribution in [1.82, 2.24) is 4.72 Å². The maximum Gasteiger partial charge on any atom is 0.208 e. The first-order chi connectivity index (χ1) is 4.45. The van der Waals surface area contributed by atoms with Crippen molar-refractivity contribution in [3.8, 4) is 0 Å². The molecule has 0 aliphatic heterocycles. The van der Waals surface area contributed by atoms with Crippen LogP contribution in [-0.2, 0) is 10.0 Å². The third-order valence-corrected chi connectivity index (χ3v) is 1.85. The van der Waals surface area contributed by atoms with E-state index in [-0.39, 0.29) is 6.04 Å². The summed E-state index contributed by atoms with van der Waals surface area (Å²) in [5, 5.41) is 0. The zero-order chi connectivity index (χ0) is 8.20. The molecule has 0 bridgehead atoms. The van der Waals surface area contributed by atoms with Gasteiger partial charge in [0.05, 0.1) is 6.26 Å². The molecule has 1 atom stereocenters. The van der Waals surface area contributed by atoms with Crippen LogP contribution in [-0.4, -0.2) is 27.3 Å². The molecule has 4 nitrogen and oxygen atoms in total. The number of nitrogens with one attached hydrogen (secondary N) is 1. The van der Waals surface area contributed by atoms with Crippen molar-refractivity contribution in [3.05, 3.63) is 0 Å². The number of hydrogen-bond acceptors (Lipinski definition) is 3. The Balaban J connectivity index is 3.69. The van der Waals surface area contributed by atoms with E-state index < -0.39 is 10.0 Å². The molecule has 0 aromatic rings. The summed E-state index contributed by atoms with van der Waals surface area (Å²) in [6, 6.07) is -0.0556. The minimum Gasteiger partial charge on any atom is -0.330 e. The zero-order valence-electron chi connectivity index (χ0n) is 6.29. The minimum atomic E-state index is -3.05. The molecule has 62 valence electrons. The van der Waals surface area contributed by atoms with Crippen LogP contribution < -0.4 is 10.5 Å². The molecule has 1 unspecified atom stereocenters. The molecule has 0 radical (unpaired) electrons. The van der Waals surface area contributed by atoms with Gasteiger partial charge in [0.1, 0.15) is 0 Å². The lowest BCUT2D eigenvalue weighted by molar-refractivity contribution is 0.555. The van der Waals surface area contributed by atoms with Gasteiger partial charge in [-0.25, -0.2) is 13.1 Å². The highest BCUT2D eigenvalue weighted by Gasteiger charge is 2.05. The normalized spacial score (nSPS) is 15.1. The monoisotopic (exact) mass is 166 g/mol. The van der Waals surface area contributed by atoms with Crippen molar-refractivity contribution < 1.29 is 8.42 Å². The fraction of sp³-hybridized carbons (Fsp3) is 1.00. The van der Waals surface area contributed by atoms with Crippen molar-refractivity contribution in [2.75, 3.05) is 12.8 Å². The Bertz CT molecular complexity index is 176. The molecule has 0 aliphatic carbocycles. The van der Waals surface area contributed by atoms with Crippen LogP contribution in [0.2, 0.25) is 0 Å². The molecule has 0 spiro atoms. The largest absolute Gasteiger partial charge is 0.330 e. The molecular weight excluding hydrogens is 152 g/mol. The third kappa shape index (κ3) is 6.00. The van der Waals surface area contributed by atoms with E-state index in [0.717, 1.165) is 6.26 Å². The van der Waals surface area contributed by atoms with Crippen LogP contribution in [0.15, 0.2) is 0 Å². The van der Waals surface area contributed by atoms with Crippen LogP contribution in [0.1, 0.15) is 13.3 Å². The van der Waals surface area contributed by atoms with E-state index in [2.05, 4.69) is 4.72 Å². The van der Waals surface area contributed by atoms with E-state index in [4.69, 9.17) is 5.73 Å². The first-order valence-electron chi connectivity index (χ1n) is 3.13. The minimum absolute atomic E-state index is 0.0556. The van der Waals surface area contributed by atoms with Crippen LogP contribution in [0.4, 0.5) is 0 Å². The number of hydrogen-bond donors (Lipinski definition) is 2. The summed E-state index contributed by atoms with van der Waals surface area (Å²) in [7, 11) is -3.05. The van der Waals surface area contributed by atoms with Gasteiger partial charge in [0.25, 0.3) is 0 Å². The van der Waals surface area contributed by atoms with Crippen LogP contribution in [0.25, 0.3) is 0 Å². The maximum absolute atomic E-state index is 10.6. The topological polar surface area (TPSA) is 72.2 Å². The lowest BCUT2D eigenvalue weighted by Gasteiger charge is -2.09. The van der Waals surface area contributed by atoms with E-state index in [1.54, 1.807) is 6.92 Å². The molecule has 0 aromatic carbocycles. The predicted octanol–water partition coefficient (Wildman–Crippen LogP) is -0.727. The van der Waals surface area contributed by atoms with Crippen LogP contribution in [0, 0.1) is 0 Å². The van der Waals surface area contributed by atoms with Gasteiger partial charge in [0.2, 0.25) is 10.0 Å². The summed E-state index contributed by atoms with van der Waals surface area (Å²) >= 11 is 0. The van der Waals surface area contributed by atoms with Gasteiger partial charge in [-0.3, -0.25) is 0 Å². The highest BCUT2D eigenvalue weighted by molar-refractivity contribution is 7.88. The molecule has 10 heavy (non-hydrogen) atoms. The van der Waals surface area contributed by atoms with Gasteiger partial charge < -0.3 is 5.73 Å². The van der Waals surface area contributed by atoms with Crippen molar-refractivity contribution >= 4 is 10.0 Å². The number of rotatable bonds is 4. The van der Waals surface area contributed by atoms with Crippen LogP contribution in [0.5, 0.6) is 0 Å². The average molecular weight is 166 g/mol. The fourth-order valence-corrected chi connectivity index (χ4v) is 1.52. The van der Waals surface area contributed by atoms with E-state index in [1.807, 2.05) is 0 Å². The molecule has 0 saturated heterocycles. The molecule has 0 aliphatic rings. The second kappa shape index (κ2) is 3.90. The molecule has 0 rings (SSSR count). The van der Waals surface area contributed by atoms with Gasteiger partial charge in [0, 0.05) is 6.04 Å². The predicted molar refractivity (Wildman–Crippen MR) is 41.1 cm³/mol. The van der Waals surface area contributed by atoms with Gasteiger partial charge in [-0.05, 0) is 19.9 Å². The lowest BCUT2D eigenvalue weighted by atomic mass is 10.3. The number of nitrogens with two attached hydrogens (primary N) is 1. The lowest BCUT2D eigenvalue weighted by Crippen LogP contribution is -2.33. The van der Waals surface area contributed by atoms with Gasteiger partial charge in [-0.15, -0.1) is 0 Å². The van der Waals surface area contributed by atoms with Crippen molar-refractivity contribution in [2.24, 2.45) is 5.73 Å². The Morgan fingerprint density at radius 2 is 2.10 bits per heavy atom. The zero-order valence-corrected chi connectivity index (χ0v) is 7.11. The second-order valence-corrected chi connectivity index (χ2v) is 4.15.